The van der Waals surface area contributed by atoms with E-state index < -0.39 is 6.04 Å². The van der Waals surface area contributed by atoms with Gasteiger partial charge in [-0.15, -0.1) is 0 Å². The first-order valence-electron chi connectivity index (χ1n) is 5.63. The van der Waals surface area contributed by atoms with Crippen molar-refractivity contribution in [3.63, 3.8) is 0 Å². The van der Waals surface area contributed by atoms with E-state index in [2.05, 4.69) is 0 Å². The van der Waals surface area contributed by atoms with E-state index in [1.165, 1.54) is 4.90 Å². The second kappa shape index (κ2) is 6.88. The lowest BCUT2D eigenvalue weighted by Gasteiger charge is -2.31. The van der Waals surface area contributed by atoms with Gasteiger partial charge in [0.1, 0.15) is 0 Å². The maximum absolute atomic E-state index is 12.1. The van der Waals surface area contributed by atoms with Crippen LogP contribution >= 0.6 is 0 Å². The number of nitrogens with two attached hydrogens (primary N) is 1. The molecule has 0 aliphatic heterocycles. The van der Waals surface area contributed by atoms with Crippen LogP contribution in [0.3, 0.4) is 0 Å². The smallest absolute Gasteiger partial charge is 0.240 e. The number of nitriles is 2. The van der Waals surface area contributed by atoms with Crippen LogP contribution in [-0.2, 0) is 4.79 Å². The lowest BCUT2D eigenvalue weighted by atomic mass is 9.86. The van der Waals surface area contributed by atoms with Gasteiger partial charge in [-0.3, -0.25) is 4.79 Å². The van der Waals surface area contributed by atoms with Crippen molar-refractivity contribution in [3.05, 3.63) is 0 Å². The molecule has 1 amide bonds. The molecule has 5 nitrogen and oxygen atoms in total. The number of carbonyl (C=O) groups is 1. The van der Waals surface area contributed by atoms with Crippen LogP contribution in [-0.4, -0.2) is 29.9 Å². The predicted molar refractivity (Wildman–Crippen MR) is 64.5 cm³/mol. The van der Waals surface area contributed by atoms with Gasteiger partial charge in [0.25, 0.3) is 0 Å². The van der Waals surface area contributed by atoms with Gasteiger partial charge in [0, 0.05) is 13.1 Å². The van der Waals surface area contributed by atoms with Gasteiger partial charge >= 0.3 is 0 Å². The molecule has 1 atom stereocenters. The van der Waals surface area contributed by atoms with Crippen molar-refractivity contribution in [3.8, 4) is 12.1 Å². The zero-order chi connectivity index (χ0) is 13.5. The Bertz CT molecular complexity index is 314. The summed E-state index contributed by atoms with van der Waals surface area (Å²) >= 11 is 0. The summed E-state index contributed by atoms with van der Waals surface area (Å²) in [6.45, 7) is 6.34. The number of carbonyl (C=O) groups excluding carboxylic acids is 1. The molecule has 0 saturated heterocycles. The highest BCUT2D eigenvalue weighted by atomic mass is 16.2. The van der Waals surface area contributed by atoms with Crippen LogP contribution < -0.4 is 5.73 Å². The average Bonchev–Trinajstić information content (AvgIpc) is 2.26. The fourth-order valence-electron chi connectivity index (χ4n) is 1.27. The van der Waals surface area contributed by atoms with Crippen molar-refractivity contribution in [1.82, 2.24) is 4.90 Å². The topological polar surface area (TPSA) is 93.9 Å². The average molecular weight is 236 g/mol. The zero-order valence-corrected chi connectivity index (χ0v) is 10.7. The van der Waals surface area contributed by atoms with Crippen molar-refractivity contribution in [2.45, 2.75) is 39.7 Å². The molecule has 0 bridgehead atoms. The van der Waals surface area contributed by atoms with Gasteiger partial charge in [-0.2, -0.15) is 10.5 Å². The molecule has 0 saturated carbocycles. The Balaban J connectivity index is 4.63. The Morgan fingerprint density at radius 1 is 1.24 bits per heavy atom. The van der Waals surface area contributed by atoms with E-state index in [1.54, 1.807) is 0 Å². The molecular weight excluding hydrogens is 216 g/mol. The molecule has 2 N–H and O–H groups in total. The standard InChI is InChI=1S/C12H20N4O/c1-12(2,3)10(15)11(17)16(8-4-6-13)9-5-7-14/h10H,4-5,8-9,15H2,1-3H3/t10-/m0/s1. The molecule has 0 aromatic rings. The van der Waals surface area contributed by atoms with Crippen molar-refractivity contribution >= 4 is 5.91 Å². The van der Waals surface area contributed by atoms with Crippen molar-refractivity contribution in [1.29, 1.82) is 10.5 Å². The van der Waals surface area contributed by atoms with Gasteiger partial charge in [-0.05, 0) is 5.41 Å². The SMILES string of the molecule is CC(C)(C)[C@@H](N)C(=O)N(CCC#N)CCC#N. The molecule has 0 spiro atoms. The van der Waals surface area contributed by atoms with Crippen LogP contribution in [0.4, 0.5) is 0 Å². The van der Waals surface area contributed by atoms with Crippen LogP contribution in [0.1, 0.15) is 33.6 Å². The maximum atomic E-state index is 12.1. The third kappa shape index (κ3) is 5.33. The van der Waals surface area contributed by atoms with Gasteiger partial charge in [-0.1, -0.05) is 20.8 Å². The van der Waals surface area contributed by atoms with E-state index in [-0.39, 0.29) is 24.2 Å². The normalized spacial score (nSPS) is 12.4. The highest BCUT2D eigenvalue weighted by molar-refractivity contribution is 5.82. The molecule has 0 aromatic heterocycles. The Kier molecular flexibility index (Phi) is 6.23. The highest BCUT2D eigenvalue weighted by Gasteiger charge is 2.30. The fourth-order valence-corrected chi connectivity index (χ4v) is 1.27. The van der Waals surface area contributed by atoms with Crippen LogP contribution in [0, 0.1) is 28.1 Å². The minimum absolute atomic E-state index is 0.192. The van der Waals surface area contributed by atoms with Crippen LogP contribution in [0.25, 0.3) is 0 Å². The minimum Gasteiger partial charge on any atom is -0.339 e. The number of nitrogens with zero attached hydrogens (tertiary/aromatic N) is 3. The number of amides is 1. The second-order valence-electron chi connectivity index (χ2n) is 4.99. The lowest BCUT2D eigenvalue weighted by molar-refractivity contribution is -0.134. The summed E-state index contributed by atoms with van der Waals surface area (Å²) in [5.41, 5.74) is 5.56. The van der Waals surface area contributed by atoms with Crippen LogP contribution in [0.5, 0.6) is 0 Å². The summed E-state index contributed by atoms with van der Waals surface area (Å²) in [5, 5.41) is 17.1. The Morgan fingerprint density at radius 3 is 1.94 bits per heavy atom. The molecule has 17 heavy (non-hydrogen) atoms. The Hall–Kier alpha value is -1.59. The molecular formula is C12H20N4O. The first-order chi connectivity index (χ1) is 7.84. The molecule has 94 valence electrons. The van der Waals surface area contributed by atoms with Crippen molar-refractivity contribution < 1.29 is 4.79 Å². The molecule has 0 unspecified atom stereocenters. The van der Waals surface area contributed by atoms with Gasteiger partial charge < -0.3 is 10.6 Å². The minimum atomic E-state index is -0.611. The summed E-state index contributed by atoms with van der Waals surface area (Å²) in [5.74, 6) is -0.192. The second-order valence-corrected chi connectivity index (χ2v) is 4.99. The number of hydrogen-bond donors (Lipinski definition) is 1. The molecule has 0 aliphatic rings. The van der Waals surface area contributed by atoms with Crippen LogP contribution in [0.15, 0.2) is 0 Å². The highest BCUT2D eigenvalue weighted by Crippen LogP contribution is 2.19. The van der Waals surface area contributed by atoms with Gasteiger partial charge in [0.15, 0.2) is 0 Å². The van der Waals surface area contributed by atoms with E-state index in [0.29, 0.717) is 13.1 Å². The lowest BCUT2D eigenvalue weighted by Crippen LogP contribution is -2.50. The Labute approximate surface area is 103 Å². The van der Waals surface area contributed by atoms with E-state index in [0.717, 1.165) is 0 Å². The van der Waals surface area contributed by atoms with Gasteiger partial charge in [-0.25, -0.2) is 0 Å². The zero-order valence-electron chi connectivity index (χ0n) is 10.7. The van der Waals surface area contributed by atoms with Crippen molar-refractivity contribution in [2.24, 2.45) is 11.1 Å². The Morgan fingerprint density at radius 2 is 1.65 bits per heavy atom. The molecule has 5 heteroatoms. The monoisotopic (exact) mass is 236 g/mol. The van der Waals surface area contributed by atoms with Gasteiger partial charge in [0.2, 0.25) is 5.91 Å². The summed E-state index contributed by atoms with van der Waals surface area (Å²) in [6, 6.07) is 3.37. The van der Waals surface area contributed by atoms with Crippen molar-refractivity contribution in [2.75, 3.05) is 13.1 Å². The van der Waals surface area contributed by atoms with Crippen LogP contribution in [0.2, 0.25) is 0 Å². The quantitative estimate of drug-likeness (QED) is 0.771. The molecule has 0 heterocycles. The summed E-state index contributed by atoms with van der Waals surface area (Å²) in [7, 11) is 0. The third-order valence-electron chi connectivity index (χ3n) is 2.50. The molecule has 0 rings (SSSR count). The van der Waals surface area contributed by atoms with E-state index >= 15 is 0 Å². The van der Waals surface area contributed by atoms with E-state index in [4.69, 9.17) is 16.3 Å². The maximum Gasteiger partial charge on any atom is 0.240 e. The first-order valence-corrected chi connectivity index (χ1v) is 5.63. The summed E-state index contributed by atoms with van der Waals surface area (Å²) in [6.07, 6.45) is 0.516. The van der Waals surface area contributed by atoms with Gasteiger partial charge in [0.05, 0.1) is 31.0 Å². The molecule has 0 radical (unpaired) electrons. The number of hydrogen-bond acceptors (Lipinski definition) is 4. The molecule has 0 aliphatic carbocycles. The first kappa shape index (κ1) is 15.4. The molecule has 0 aromatic carbocycles. The number of rotatable bonds is 5. The fraction of sp³-hybridized carbons (Fsp3) is 0.750. The van der Waals surface area contributed by atoms with E-state index in [1.807, 2.05) is 32.9 Å². The molecule has 0 fully saturated rings. The largest absolute Gasteiger partial charge is 0.339 e. The summed E-state index contributed by atoms with van der Waals surface area (Å²) < 4.78 is 0. The predicted octanol–water partition coefficient (Wildman–Crippen LogP) is 1.02. The third-order valence-corrected chi connectivity index (χ3v) is 2.50. The summed E-state index contributed by atoms with van der Waals surface area (Å²) in [4.78, 5) is 13.6. The van der Waals surface area contributed by atoms with E-state index in [9.17, 15) is 4.79 Å².